The molecule has 3 nitrogen and oxygen atoms in total. The summed E-state index contributed by atoms with van der Waals surface area (Å²) in [7, 11) is 0. The van der Waals surface area contributed by atoms with Crippen LogP contribution < -0.4 is 4.74 Å². The van der Waals surface area contributed by atoms with Crippen molar-refractivity contribution in [3.05, 3.63) is 47.7 Å². The Morgan fingerprint density at radius 2 is 2.00 bits per heavy atom. The second-order valence-electron chi connectivity index (χ2n) is 3.56. The second kappa shape index (κ2) is 6.56. The Labute approximate surface area is 116 Å². The van der Waals surface area contributed by atoms with Crippen molar-refractivity contribution in [2.75, 3.05) is 0 Å². The molecular weight excluding hydrogens is 296 g/mol. The second-order valence-corrected chi connectivity index (χ2v) is 4.50. The van der Waals surface area contributed by atoms with E-state index in [2.05, 4.69) is 14.7 Å². The first-order valence-corrected chi connectivity index (χ1v) is 6.38. The Morgan fingerprint density at radius 1 is 1.20 bits per heavy atom. The number of rotatable bonds is 5. The number of aromatic nitrogens is 2. The quantitative estimate of drug-likeness (QED) is 0.480. The van der Waals surface area contributed by atoms with Crippen molar-refractivity contribution in [1.82, 2.24) is 9.97 Å². The molecule has 0 spiro atoms. The fourth-order valence-corrected chi connectivity index (χ4v) is 2.15. The number of hydrogen-bond acceptors (Lipinski definition) is 4. The number of ether oxygens (including phenoxy) is 1. The van der Waals surface area contributed by atoms with E-state index in [0.29, 0.717) is 0 Å². The van der Waals surface area contributed by atoms with Crippen molar-refractivity contribution in [2.45, 2.75) is 17.5 Å². The summed E-state index contributed by atoms with van der Waals surface area (Å²) in [5.41, 5.74) is 0.138. The molecule has 8 heteroatoms. The van der Waals surface area contributed by atoms with Gasteiger partial charge in [0.05, 0.1) is 0 Å². The van der Waals surface area contributed by atoms with E-state index in [1.54, 1.807) is 0 Å². The van der Waals surface area contributed by atoms with Gasteiger partial charge in [0.25, 0.3) is 0 Å². The van der Waals surface area contributed by atoms with Crippen molar-refractivity contribution in [3.8, 4) is 5.88 Å². The maximum atomic E-state index is 13.4. The fraction of sp³-hybridized carbons (Fsp3) is 0.167. The molecule has 0 radical (unpaired) electrons. The van der Waals surface area contributed by atoms with Crippen LogP contribution in [0.2, 0.25) is 0 Å². The van der Waals surface area contributed by atoms with Crippen LogP contribution in [0.15, 0.2) is 35.6 Å². The van der Waals surface area contributed by atoms with Crippen LogP contribution in [0.4, 0.5) is 17.6 Å². The highest BCUT2D eigenvalue weighted by Crippen LogP contribution is 2.23. The summed E-state index contributed by atoms with van der Waals surface area (Å²) in [6, 6.07) is 4.99. The van der Waals surface area contributed by atoms with Gasteiger partial charge < -0.3 is 4.74 Å². The highest BCUT2D eigenvalue weighted by Gasteiger charge is 2.10. The van der Waals surface area contributed by atoms with Crippen LogP contribution in [0.5, 0.6) is 5.88 Å². The predicted molar refractivity (Wildman–Crippen MR) is 64.6 cm³/mol. The van der Waals surface area contributed by atoms with Gasteiger partial charge in [0.2, 0.25) is 5.88 Å². The van der Waals surface area contributed by atoms with Crippen molar-refractivity contribution in [3.63, 3.8) is 0 Å². The Bertz CT molecular complexity index is 597. The number of halogens is 4. The van der Waals surface area contributed by atoms with Gasteiger partial charge in [0.15, 0.2) is 16.8 Å². The smallest absolute Gasteiger partial charge is 0.388 e. The number of nitrogens with zero attached hydrogens (tertiary/aromatic N) is 2. The SMILES string of the molecule is Fc1cccc(CSc2nccc(OC(F)F)n2)c1F. The molecule has 0 amide bonds. The average molecular weight is 304 g/mol. The van der Waals surface area contributed by atoms with Gasteiger partial charge in [0, 0.05) is 23.6 Å². The summed E-state index contributed by atoms with van der Waals surface area (Å²) in [5.74, 6) is -2.10. The molecule has 0 unspecified atom stereocenters. The molecule has 0 bridgehead atoms. The molecule has 0 atom stereocenters. The highest BCUT2D eigenvalue weighted by atomic mass is 32.2. The summed E-state index contributed by atoms with van der Waals surface area (Å²) < 4.78 is 54.6. The van der Waals surface area contributed by atoms with Crippen molar-refractivity contribution >= 4 is 11.8 Å². The molecule has 0 fully saturated rings. The van der Waals surface area contributed by atoms with Crippen LogP contribution in [-0.2, 0) is 5.75 Å². The lowest BCUT2D eigenvalue weighted by Crippen LogP contribution is -2.04. The molecule has 2 rings (SSSR count). The van der Waals surface area contributed by atoms with E-state index in [9.17, 15) is 17.6 Å². The third-order valence-electron chi connectivity index (χ3n) is 2.21. The molecular formula is C12H8F4N2OS. The zero-order valence-corrected chi connectivity index (χ0v) is 10.7. The first-order chi connectivity index (χ1) is 9.56. The molecule has 0 aliphatic rings. The molecule has 1 aromatic heterocycles. The van der Waals surface area contributed by atoms with Gasteiger partial charge in [-0.25, -0.2) is 13.8 Å². The van der Waals surface area contributed by atoms with E-state index in [1.807, 2.05) is 0 Å². The van der Waals surface area contributed by atoms with Gasteiger partial charge in [0.1, 0.15) is 0 Å². The van der Waals surface area contributed by atoms with E-state index in [1.165, 1.54) is 24.4 Å². The van der Waals surface area contributed by atoms with E-state index in [-0.39, 0.29) is 22.4 Å². The lowest BCUT2D eigenvalue weighted by Gasteiger charge is -2.05. The molecule has 106 valence electrons. The minimum atomic E-state index is -2.98. The summed E-state index contributed by atoms with van der Waals surface area (Å²) in [4.78, 5) is 7.54. The van der Waals surface area contributed by atoms with Crippen molar-refractivity contribution < 1.29 is 22.3 Å². The summed E-state index contributed by atoms with van der Waals surface area (Å²) in [6.07, 6.45) is 1.25. The lowest BCUT2D eigenvalue weighted by atomic mass is 10.2. The van der Waals surface area contributed by atoms with Gasteiger partial charge in [-0.15, -0.1) is 0 Å². The normalized spacial score (nSPS) is 10.8. The zero-order valence-electron chi connectivity index (χ0n) is 9.89. The third-order valence-corrected chi connectivity index (χ3v) is 3.12. The number of alkyl halides is 2. The molecule has 1 heterocycles. The predicted octanol–water partition coefficient (Wildman–Crippen LogP) is 3.65. The molecule has 0 saturated carbocycles. The summed E-state index contributed by atoms with van der Waals surface area (Å²) in [6.45, 7) is -2.98. The van der Waals surface area contributed by atoms with Crippen LogP contribution in [0.3, 0.4) is 0 Å². The fourth-order valence-electron chi connectivity index (χ4n) is 1.35. The maximum Gasteiger partial charge on any atom is 0.388 e. The zero-order chi connectivity index (χ0) is 14.5. The summed E-state index contributed by atoms with van der Waals surface area (Å²) in [5, 5.41) is 0.131. The van der Waals surface area contributed by atoms with Crippen LogP contribution in [0.1, 0.15) is 5.56 Å². The van der Waals surface area contributed by atoms with Crippen LogP contribution in [-0.4, -0.2) is 16.6 Å². The molecule has 0 N–H and O–H groups in total. The van der Waals surface area contributed by atoms with Gasteiger partial charge >= 0.3 is 6.61 Å². The topological polar surface area (TPSA) is 35.0 Å². The minimum absolute atomic E-state index is 0.0712. The molecule has 2 aromatic rings. The first-order valence-electron chi connectivity index (χ1n) is 5.40. The van der Waals surface area contributed by atoms with Crippen LogP contribution >= 0.6 is 11.8 Å². The first kappa shape index (κ1) is 14.6. The van der Waals surface area contributed by atoms with E-state index < -0.39 is 18.2 Å². The minimum Gasteiger partial charge on any atom is -0.417 e. The standard InChI is InChI=1S/C12H8F4N2OS/c13-8-3-1-2-7(10(8)14)6-20-12-17-5-4-9(18-12)19-11(15)16/h1-5,11H,6H2. The molecule has 1 aromatic carbocycles. The van der Waals surface area contributed by atoms with Gasteiger partial charge in [-0.3, -0.25) is 0 Å². The Morgan fingerprint density at radius 3 is 2.75 bits per heavy atom. The van der Waals surface area contributed by atoms with Gasteiger partial charge in [-0.1, -0.05) is 23.9 Å². The number of benzene rings is 1. The Hall–Kier alpha value is -1.83. The lowest BCUT2D eigenvalue weighted by molar-refractivity contribution is -0.0533. The maximum absolute atomic E-state index is 13.4. The van der Waals surface area contributed by atoms with Crippen LogP contribution in [0, 0.1) is 11.6 Å². The largest absolute Gasteiger partial charge is 0.417 e. The average Bonchev–Trinajstić information content (AvgIpc) is 2.40. The van der Waals surface area contributed by atoms with Crippen molar-refractivity contribution in [2.24, 2.45) is 0 Å². The van der Waals surface area contributed by atoms with E-state index >= 15 is 0 Å². The third kappa shape index (κ3) is 3.83. The molecule has 0 aliphatic carbocycles. The number of thioether (sulfide) groups is 1. The van der Waals surface area contributed by atoms with E-state index in [4.69, 9.17) is 0 Å². The number of hydrogen-bond donors (Lipinski definition) is 0. The van der Waals surface area contributed by atoms with Gasteiger partial charge in [-0.2, -0.15) is 13.8 Å². The molecule has 0 aliphatic heterocycles. The van der Waals surface area contributed by atoms with Crippen molar-refractivity contribution in [1.29, 1.82) is 0 Å². The summed E-state index contributed by atoms with van der Waals surface area (Å²) >= 11 is 0.984. The molecule has 20 heavy (non-hydrogen) atoms. The van der Waals surface area contributed by atoms with Gasteiger partial charge in [-0.05, 0) is 6.07 Å². The Balaban J connectivity index is 2.05. The molecule has 0 saturated heterocycles. The Kier molecular flexibility index (Phi) is 4.78. The van der Waals surface area contributed by atoms with Crippen LogP contribution in [0.25, 0.3) is 0 Å². The highest BCUT2D eigenvalue weighted by molar-refractivity contribution is 7.98. The monoisotopic (exact) mass is 304 g/mol. The van der Waals surface area contributed by atoms with E-state index in [0.717, 1.165) is 17.8 Å².